The second kappa shape index (κ2) is 10.1. The van der Waals surface area contributed by atoms with Gasteiger partial charge in [-0.1, -0.05) is 32.1 Å². The van der Waals surface area contributed by atoms with Crippen molar-refractivity contribution in [3.63, 3.8) is 0 Å². The molecule has 1 aliphatic carbocycles. The molecule has 0 radical (unpaired) electrons. The van der Waals surface area contributed by atoms with Gasteiger partial charge in [-0.2, -0.15) is 0 Å². The highest BCUT2D eigenvalue weighted by molar-refractivity contribution is 5.85. The molecule has 4 heteroatoms. The minimum Gasteiger partial charge on any atom is -0.494 e. The third kappa shape index (κ3) is 5.40. The fourth-order valence-corrected chi connectivity index (χ4v) is 5.31. The molecule has 1 aromatic carbocycles. The van der Waals surface area contributed by atoms with Crippen LogP contribution in [0.25, 0.3) is 0 Å². The predicted octanol–water partition coefficient (Wildman–Crippen LogP) is 4.74. The first-order valence-electron chi connectivity index (χ1n) is 11.0. The van der Waals surface area contributed by atoms with Gasteiger partial charge >= 0.3 is 0 Å². The van der Waals surface area contributed by atoms with Gasteiger partial charge in [-0.15, -0.1) is 12.4 Å². The van der Waals surface area contributed by atoms with Crippen LogP contribution in [0.4, 0.5) is 0 Å². The summed E-state index contributed by atoms with van der Waals surface area (Å²) in [5.74, 6) is 2.00. The second-order valence-corrected chi connectivity index (χ2v) is 8.77. The van der Waals surface area contributed by atoms with Crippen LogP contribution in [0.5, 0.6) is 5.75 Å². The van der Waals surface area contributed by atoms with E-state index in [0.717, 1.165) is 43.8 Å². The van der Waals surface area contributed by atoms with Crippen LogP contribution in [0.1, 0.15) is 68.1 Å². The van der Waals surface area contributed by atoms with E-state index in [2.05, 4.69) is 29.4 Å². The number of rotatable bonds is 6. The van der Waals surface area contributed by atoms with E-state index in [1.165, 1.54) is 69.9 Å². The summed E-state index contributed by atoms with van der Waals surface area (Å²) in [6, 6.07) is 5.41. The topological polar surface area (TPSA) is 24.5 Å². The summed E-state index contributed by atoms with van der Waals surface area (Å²) in [7, 11) is 2.25. The van der Waals surface area contributed by atoms with E-state index in [0.29, 0.717) is 0 Å². The molecule has 1 saturated heterocycles. The molecule has 1 aromatic rings. The molecule has 1 saturated carbocycles. The van der Waals surface area contributed by atoms with Crippen LogP contribution in [0.2, 0.25) is 0 Å². The van der Waals surface area contributed by atoms with E-state index in [4.69, 9.17) is 4.74 Å². The van der Waals surface area contributed by atoms with Crippen molar-refractivity contribution in [1.29, 1.82) is 0 Å². The summed E-state index contributed by atoms with van der Waals surface area (Å²) >= 11 is 0. The van der Waals surface area contributed by atoms with Crippen LogP contribution in [0, 0.1) is 5.92 Å². The fraction of sp³-hybridized carbons (Fsp3) is 0.739. The zero-order valence-corrected chi connectivity index (χ0v) is 17.8. The Hall–Kier alpha value is -0.770. The maximum atomic E-state index is 6.26. The average Bonchev–Trinajstić information content (AvgIpc) is 3.08. The number of hydrogen-bond donors (Lipinski definition) is 1. The van der Waals surface area contributed by atoms with E-state index >= 15 is 0 Å². The van der Waals surface area contributed by atoms with E-state index in [9.17, 15) is 0 Å². The zero-order valence-electron chi connectivity index (χ0n) is 17.0. The second-order valence-electron chi connectivity index (χ2n) is 8.77. The molecule has 27 heavy (non-hydrogen) atoms. The highest BCUT2D eigenvalue weighted by atomic mass is 35.5. The summed E-state index contributed by atoms with van der Waals surface area (Å²) in [6.45, 7) is 4.24. The van der Waals surface area contributed by atoms with Crippen molar-refractivity contribution in [2.45, 2.75) is 76.8 Å². The summed E-state index contributed by atoms with van der Waals surface area (Å²) in [5, 5.41) is 3.54. The number of hydrogen-bond acceptors (Lipinski definition) is 3. The van der Waals surface area contributed by atoms with Gasteiger partial charge in [-0.25, -0.2) is 0 Å². The van der Waals surface area contributed by atoms with E-state index in [1.807, 2.05) is 0 Å². The molecule has 4 rings (SSSR count). The lowest BCUT2D eigenvalue weighted by atomic mass is 9.82. The summed E-state index contributed by atoms with van der Waals surface area (Å²) in [6.07, 6.45) is 13.4. The first-order chi connectivity index (χ1) is 12.8. The molecular weight excluding hydrogens is 356 g/mol. The smallest absolute Gasteiger partial charge is 0.119 e. The molecule has 0 amide bonds. The Morgan fingerprint density at radius 3 is 2.74 bits per heavy atom. The number of ether oxygens (including phenoxy) is 1. The molecule has 0 aromatic heterocycles. The Balaban J connectivity index is 0.00000210. The molecule has 3 aliphatic rings. The van der Waals surface area contributed by atoms with Crippen LogP contribution >= 0.6 is 12.4 Å². The molecule has 152 valence electrons. The normalized spacial score (nSPS) is 23.7. The number of likely N-dealkylation sites (tertiary alicyclic amines) is 1. The lowest BCUT2D eigenvalue weighted by Gasteiger charge is -2.26. The number of halogens is 1. The van der Waals surface area contributed by atoms with Crippen molar-refractivity contribution in [1.82, 2.24) is 10.2 Å². The molecule has 3 nitrogen and oxygen atoms in total. The minimum atomic E-state index is 0. The number of benzene rings is 1. The monoisotopic (exact) mass is 392 g/mol. The van der Waals surface area contributed by atoms with Crippen molar-refractivity contribution >= 4 is 12.4 Å². The first-order valence-corrected chi connectivity index (χ1v) is 11.0. The van der Waals surface area contributed by atoms with Crippen molar-refractivity contribution in [3.8, 4) is 5.75 Å². The largest absolute Gasteiger partial charge is 0.494 e. The van der Waals surface area contributed by atoms with Gasteiger partial charge in [0, 0.05) is 12.6 Å². The number of nitrogens with one attached hydrogen (secondary N) is 1. The molecule has 0 spiro atoms. The van der Waals surface area contributed by atoms with Crippen molar-refractivity contribution in [2.24, 2.45) is 5.92 Å². The van der Waals surface area contributed by atoms with Crippen LogP contribution in [-0.4, -0.2) is 37.7 Å². The molecular formula is C23H37ClN2O. The van der Waals surface area contributed by atoms with Gasteiger partial charge in [-0.05, 0) is 87.0 Å². The molecule has 1 atom stereocenters. The Morgan fingerprint density at radius 2 is 1.96 bits per heavy atom. The Kier molecular flexibility index (Phi) is 7.86. The molecule has 1 N–H and O–H groups in total. The Labute approximate surface area is 171 Å². The average molecular weight is 393 g/mol. The highest BCUT2D eigenvalue weighted by Gasteiger charge is 2.22. The molecule has 2 heterocycles. The third-order valence-corrected chi connectivity index (χ3v) is 6.90. The van der Waals surface area contributed by atoms with E-state index in [-0.39, 0.29) is 12.4 Å². The maximum Gasteiger partial charge on any atom is 0.119 e. The van der Waals surface area contributed by atoms with E-state index < -0.39 is 0 Å². The molecule has 2 aliphatic heterocycles. The lowest BCUT2D eigenvalue weighted by molar-refractivity contribution is 0.233. The van der Waals surface area contributed by atoms with Crippen LogP contribution in [0.3, 0.4) is 0 Å². The van der Waals surface area contributed by atoms with Crippen LogP contribution in [0.15, 0.2) is 12.1 Å². The SMILES string of the molecule is CN1CCC[C@H]1CCOc1cc2c(c(CC3CCCCC3)c1)CCNC2.Cl. The minimum absolute atomic E-state index is 0. The first kappa shape index (κ1) is 21.0. The number of fused-ring (bicyclic) bond motifs is 1. The van der Waals surface area contributed by atoms with Gasteiger partial charge in [-0.3, -0.25) is 0 Å². The van der Waals surface area contributed by atoms with Gasteiger partial charge in [0.05, 0.1) is 6.61 Å². The van der Waals surface area contributed by atoms with Gasteiger partial charge in [0.15, 0.2) is 0 Å². The summed E-state index contributed by atoms with van der Waals surface area (Å²) in [5.41, 5.74) is 4.69. The van der Waals surface area contributed by atoms with Crippen LogP contribution in [-0.2, 0) is 19.4 Å². The highest BCUT2D eigenvalue weighted by Crippen LogP contribution is 2.32. The maximum absolute atomic E-state index is 6.26. The third-order valence-electron chi connectivity index (χ3n) is 6.90. The lowest BCUT2D eigenvalue weighted by Crippen LogP contribution is -2.27. The Morgan fingerprint density at radius 1 is 1.11 bits per heavy atom. The van der Waals surface area contributed by atoms with Gasteiger partial charge in [0.2, 0.25) is 0 Å². The fourth-order valence-electron chi connectivity index (χ4n) is 5.31. The zero-order chi connectivity index (χ0) is 17.8. The Bertz CT molecular complexity index is 600. The molecule has 0 bridgehead atoms. The van der Waals surface area contributed by atoms with E-state index in [1.54, 1.807) is 11.1 Å². The van der Waals surface area contributed by atoms with Crippen molar-refractivity contribution < 1.29 is 4.74 Å². The summed E-state index contributed by atoms with van der Waals surface area (Å²) < 4.78 is 6.26. The predicted molar refractivity (Wildman–Crippen MR) is 115 cm³/mol. The van der Waals surface area contributed by atoms with Crippen molar-refractivity contribution in [2.75, 3.05) is 26.7 Å². The quantitative estimate of drug-likeness (QED) is 0.756. The summed E-state index contributed by atoms with van der Waals surface area (Å²) in [4.78, 5) is 2.49. The van der Waals surface area contributed by atoms with Gasteiger partial charge in [0.1, 0.15) is 5.75 Å². The van der Waals surface area contributed by atoms with Gasteiger partial charge in [0.25, 0.3) is 0 Å². The molecule has 0 unspecified atom stereocenters. The van der Waals surface area contributed by atoms with Gasteiger partial charge < -0.3 is 15.0 Å². The van der Waals surface area contributed by atoms with Crippen molar-refractivity contribution in [3.05, 3.63) is 28.8 Å². The van der Waals surface area contributed by atoms with Crippen LogP contribution < -0.4 is 10.1 Å². The number of nitrogens with zero attached hydrogens (tertiary/aromatic N) is 1. The molecule has 2 fully saturated rings. The standard InChI is InChI=1S/C23H36N2O.ClH/c1-25-12-5-8-21(25)10-13-26-22-15-19(14-18-6-3-2-4-7-18)23-9-11-24-17-20(23)16-22;/h15-16,18,21,24H,2-14,17H2,1H3;1H/t21-;/m0./s1.